The minimum atomic E-state index is 0.365. The highest BCUT2D eigenvalue weighted by Gasteiger charge is 2.14. The van der Waals surface area contributed by atoms with E-state index in [1.807, 2.05) is 19.1 Å². The number of rotatable bonds is 6. The molecule has 0 aliphatic carbocycles. The van der Waals surface area contributed by atoms with Crippen molar-refractivity contribution in [1.82, 2.24) is 0 Å². The first-order valence-electron chi connectivity index (χ1n) is 6.11. The van der Waals surface area contributed by atoms with Crippen LogP contribution in [0.15, 0.2) is 22.7 Å². The summed E-state index contributed by atoms with van der Waals surface area (Å²) in [6.45, 7) is 7.23. The standard InChI is InChI=1S/C14H20Br2O/c1-4-17-14-8-6-11(15)9-12(14)13(16)7-5-10(2)3/h6,8-10,13H,4-5,7H2,1-3H3. The fourth-order valence-electron chi connectivity index (χ4n) is 1.69. The van der Waals surface area contributed by atoms with E-state index in [4.69, 9.17) is 4.74 Å². The first-order chi connectivity index (χ1) is 8.04. The van der Waals surface area contributed by atoms with E-state index >= 15 is 0 Å². The fourth-order valence-corrected chi connectivity index (χ4v) is 2.69. The quantitative estimate of drug-likeness (QED) is 0.587. The van der Waals surface area contributed by atoms with Crippen molar-refractivity contribution >= 4 is 31.9 Å². The van der Waals surface area contributed by atoms with Gasteiger partial charge in [-0.05, 0) is 43.9 Å². The van der Waals surface area contributed by atoms with Gasteiger partial charge >= 0.3 is 0 Å². The van der Waals surface area contributed by atoms with E-state index < -0.39 is 0 Å². The second kappa shape index (κ2) is 7.42. The maximum absolute atomic E-state index is 5.67. The second-order valence-electron chi connectivity index (χ2n) is 4.55. The largest absolute Gasteiger partial charge is 0.494 e. The smallest absolute Gasteiger partial charge is 0.123 e. The minimum absolute atomic E-state index is 0.365. The fraction of sp³-hybridized carbons (Fsp3) is 0.571. The number of hydrogen-bond donors (Lipinski definition) is 0. The van der Waals surface area contributed by atoms with Crippen LogP contribution in [0.5, 0.6) is 5.75 Å². The summed E-state index contributed by atoms with van der Waals surface area (Å²) in [6.07, 6.45) is 2.35. The first kappa shape index (κ1) is 15.0. The molecule has 1 aromatic carbocycles. The van der Waals surface area contributed by atoms with Gasteiger partial charge in [-0.2, -0.15) is 0 Å². The minimum Gasteiger partial charge on any atom is -0.494 e. The van der Waals surface area contributed by atoms with Gasteiger partial charge in [0.1, 0.15) is 5.75 Å². The van der Waals surface area contributed by atoms with Crippen molar-refractivity contribution in [3.8, 4) is 5.75 Å². The highest BCUT2D eigenvalue weighted by molar-refractivity contribution is 9.10. The van der Waals surface area contributed by atoms with Crippen LogP contribution in [-0.4, -0.2) is 6.61 Å². The van der Waals surface area contributed by atoms with Gasteiger partial charge in [0.2, 0.25) is 0 Å². The number of hydrogen-bond acceptors (Lipinski definition) is 1. The molecule has 0 aliphatic heterocycles. The topological polar surface area (TPSA) is 9.23 Å². The molecule has 1 rings (SSSR count). The third kappa shape index (κ3) is 5.01. The van der Waals surface area contributed by atoms with Crippen LogP contribution in [0, 0.1) is 5.92 Å². The number of alkyl halides is 1. The van der Waals surface area contributed by atoms with Crippen LogP contribution >= 0.6 is 31.9 Å². The van der Waals surface area contributed by atoms with Crippen LogP contribution in [0.4, 0.5) is 0 Å². The van der Waals surface area contributed by atoms with Gasteiger partial charge in [-0.1, -0.05) is 45.7 Å². The predicted molar refractivity (Wildman–Crippen MR) is 81.1 cm³/mol. The maximum Gasteiger partial charge on any atom is 0.123 e. The zero-order valence-electron chi connectivity index (χ0n) is 10.7. The highest BCUT2D eigenvalue weighted by atomic mass is 79.9. The van der Waals surface area contributed by atoms with Crippen LogP contribution in [-0.2, 0) is 0 Å². The van der Waals surface area contributed by atoms with Gasteiger partial charge in [0.05, 0.1) is 6.61 Å². The molecule has 0 spiro atoms. The molecule has 0 heterocycles. The Morgan fingerprint density at radius 3 is 2.53 bits per heavy atom. The third-order valence-corrected chi connectivity index (χ3v) is 4.05. The van der Waals surface area contributed by atoms with Crippen LogP contribution in [0.1, 0.15) is 44.0 Å². The number of halogens is 2. The van der Waals surface area contributed by atoms with Gasteiger partial charge in [-0.3, -0.25) is 0 Å². The van der Waals surface area contributed by atoms with Gasteiger partial charge < -0.3 is 4.74 Å². The Hall–Kier alpha value is -0.0200. The summed E-state index contributed by atoms with van der Waals surface area (Å²) in [5.41, 5.74) is 1.24. The zero-order valence-corrected chi connectivity index (χ0v) is 13.8. The molecular weight excluding hydrogens is 344 g/mol. The Morgan fingerprint density at radius 1 is 1.24 bits per heavy atom. The van der Waals surface area contributed by atoms with Crippen LogP contribution in [0.25, 0.3) is 0 Å². The Bertz CT molecular complexity index is 350. The van der Waals surface area contributed by atoms with Crippen LogP contribution < -0.4 is 4.74 Å². The van der Waals surface area contributed by atoms with E-state index in [0.29, 0.717) is 11.4 Å². The van der Waals surface area contributed by atoms with E-state index in [1.54, 1.807) is 0 Å². The van der Waals surface area contributed by atoms with Gasteiger partial charge in [0.15, 0.2) is 0 Å². The van der Waals surface area contributed by atoms with Crippen LogP contribution in [0.3, 0.4) is 0 Å². The molecule has 1 atom stereocenters. The van der Waals surface area contributed by atoms with Gasteiger partial charge in [0.25, 0.3) is 0 Å². The van der Waals surface area contributed by atoms with Crippen molar-refractivity contribution < 1.29 is 4.74 Å². The molecule has 0 aromatic heterocycles. The molecule has 1 nitrogen and oxygen atoms in total. The Morgan fingerprint density at radius 2 is 1.94 bits per heavy atom. The number of ether oxygens (including phenoxy) is 1. The van der Waals surface area contributed by atoms with Crippen molar-refractivity contribution in [2.24, 2.45) is 5.92 Å². The molecule has 0 saturated carbocycles. The predicted octanol–water partition coefficient (Wildman–Crippen LogP) is 5.72. The average molecular weight is 364 g/mol. The molecule has 0 fully saturated rings. The highest BCUT2D eigenvalue weighted by Crippen LogP contribution is 2.37. The van der Waals surface area contributed by atoms with Crippen molar-refractivity contribution in [2.45, 2.75) is 38.4 Å². The molecule has 0 N–H and O–H groups in total. The Labute approximate surface area is 121 Å². The molecular formula is C14H20Br2O. The van der Waals surface area contributed by atoms with Crippen LogP contribution in [0.2, 0.25) is 0 Å². The van der Waals surface area contributed by atoms with E-state index in [0.717, 1.165) is 22.6 Å². The van der Waals surface area contributed by atoms with Crippen molar-refractivity contribution in [3.63, 3.8) is 0 Å². The zero-order chi connectivity index (χ0) is 12.8. The van der Waals surface area contributed by atoms with E-state index in [9.17, 15) is 0 Å². The molecule has 96 valence electrons. The summed E-state index contributed by atoms with van der Waals surface area (Å²) in [4.78, 5) is 0.365. The van der Waals surface area contributed by atoms with E-state index in [-0.39, 0.29) is 0 Å². The molecule has 0 aliphatic rings. The van der Waals surface area contributed by atoms with Gasteiger partial charge in [0, 0.05) is 14.9 Å². The second-order valence-corrected chi connectivity index (χ2v) is 6.57. The van der Waals surface area contributed by atoms with Gasteiger partial charge in [-0.25, -0.2) is 0 Å². The molecule has 0 saturated heterocycles. The lowest BCUT2D eigenvalue weighted by Gasteiger charge is -2.16. The summed E-state index contributed by atoms with van der Waals surface area (Å²) in [5.74, 6) is 1.72. The summed E-state index contributed by atoms with van der Waals surface area (Å²) < 4.78 is 6.77. The third-order valence-electron chi connectivity index (χ3n) is 2.61. The summed E-state index contributed by atoms with van der Waals surface area (Å²) in [7, 11) is 0. The molecule has 1 aromatic rings. The maximum atomic E-state index is 5.67. The van der Waals surface area contributed by atoms with Crippen molar-refractivity contribution in [1.29, 1.82) is 0 Å². The Kier molecular flexibility index (Phi) is 6.57. The average Bonchev–Trinajstić information content (AvgIpc) is 2.28. The summed E-state index contributed by atoms with van der Waals surface area (Å²) in [5, 5.41) is 0. The first-order valence-corrected chi connectivity index (χ1v) is 7.81. The molecule has 0 radical (unpaired) electrons. The van der Waals surface area contributed by atoms with Crippen molar-refractivity contribution in [3.05, 3.63) is 28.2 Å². The van der Waals surface area contributed by atoms with E-state index in [2.05, 4.69) is 51.8 Å². The molecule has 17 heavy (non-hydrogen) atoms. The SMILES string of the molecule is CCOc1ccc(Br)cc1C(Br)CCC(C)C. The number of benzene rings is 1. The van der Waals surface area contributed by atoms with Gasteiger partial charge in [-0.15, -0.1) is 0 Å². The summed E-state index contributed by atoms with van der Waals surface area (Å²) in [6, 6.07) is 6.20. The lowest BCUT2D eigenvalue weighted by molar-refractivity contribution is 0.335. The lowest BCUT2D eigenvalue weighted by atomic mass is 10.0. The molecule has 0 amide bonds. The molecule has 3 heteroatoms. The molecule has 1 unspecified atom stereocenters. The molecule has 0 bridgehead atoms. The summed E-state index contributed by atoms with van der Waals surface area (Å²) >= 11 is 7.29. The lowest BCUT2D eigenvalue weighted by Crippen LogP contribution is -2.00. The van der Waals surface area contributed by atoms with E-state index in [1.165, 1.54) is 12.0 Å². The monoisotopic (exact) mass is 362 g/mol. The normalized spacial score (nSPS) is 12.8. The van der Waals surface area contributed by atoms with Crippen molar-refractivity contribution in [2.75, 3.05) is 6.61 Å². The Balaban J connectivity index is 2.81.